The van der Waals surface area contributed by atoms with Crippen molar-refractivity contribution in [1.29, 1.82) is 0 Å². The van der Waals surface area contributed by atoms with Crippen molar-refractivity contribution >= 4 is 49.9 Å². The Labute approximate surface area is 180 Å². The highest BCUT2D eigenvalue weighted by atomic mass is 35.5. The van der Waals surface area contributed by atoms with Gasteiger partial charge in [0.15, 0.2) is 0 Å². The monoisotopic (exact) mass is 446 g/mol. The molecule has 1 unspecified atom stereocenters. The minimum Gasteiger partial charge on any atom is -0.398 e. The number of amides is 1. The average Bonchev–Trinajstić information content (AvgIpc) is 3.13. The van der Waals surface area contributed by atoms with E-state index in [1.54, 1.807) is 0 Å². The van der Waals surface area contributed by atoms with Crippen LogP contribution in [0.5, 0.6) is 0 Å². The smallest absolute Gasteiger partial charge is 0.330 e. The highest BCUT2D eigenvalue weighted by molar-refractivity contribution is 6.36. The van der Waals surface area contributed by atoms with E-state index in [0.29, 0.717) is 9.13 Å². The summed E-state index contributed by atoms with van der Waals surface area (Å²) in [7, 11) is 11.0. The average molecular weight is 446 g/mol. The maximum Gasteiger partial charge on any atom is 0.330 e. The SMILES string of the molecule is [B]C([B])(O)n1c(=O)n(CC(F)F)c2cc(N)c3c(c21)C(=O)NC3c1cc(F)ccc1Cl. The van der Waals surface area contributed by atoms with Gasteiger partial charge < -0.3 is 16.2 Å². The molecular weight excluding hydrogens is 434 g/mol. The minimum absolute atomic E-state index is 0.0519. The lowest BCUT2D eigenvalue weighted by atomic mass is 9.73. The fourth-order valence-electron chi connectivity index (χ4n) is 3.88. The molecule has 4 rings (SSSR count). The molecule has 156 valence electrons. The molecule has 7 nitrogen and oxygen atoms in total. The molecule has 1 atom stereocenters. The first-order valence-electron chi connectivity index (χ1n) is 8.84. The van der Waals surface area contributed by atoms with Gasteiger partial charge in [-0.05, 0) is 24.3 Å². The standard InChI is InChI=1S/C18H12B2ClF3N4O3/c19-18(20,31)28-15-10(27(17(28)30)5-11(23)24)4-9(25)12-13(15)16(29)26-14(12)7-3-6(22)1-2-8(7)21/h1-4,11,14,31H,5,25H2,(H,26,29). The van der Waals surface area contributed by atoms with Crippen LogP contribution in [0.4, 0.5) is 18.9 Å². The molecule has 2 aromatic carbocycles. The topological polar surface area (TPSA) is 102 Å². The number of aliphatic hydroxyl groups is 1. The number of aromatic nitrogens is 2. The van der Waals surface area contributed by atoms with Gasteiger partial charge in [-0.15, -0.1) is 0 Å². The van der Waals surface area contributed by atoms with E-state index in [1.807, 2.05) is 0 Å². The third-order valence-corrected chi connectivity index (χ3v) is 5.37. The molecule has 2 heterocycles. The van der Waals surface area contributed by atoms with E-state index in [0.717, 1.165) is 12.1 Å². The first kappa shape index (κ1) is 21.4. The van der Waals surface area contributed by atoms with E-state index in [1.165, 1.54) is 12.1 Å². The summed E-state index contributed by atoms with van der Waals surface area (Å²) in [4.78, 5) is 25.7. The van der Waals surface area contributed by atoms with Gasteiger partial charge in [0.25, 0.3) is 12.3 Å². The summed E-state index contributed by atoms with van der Waals surface area (Å²) in [6.07, 6.45) is -2.94. The van der Waals surface area contributed by atoms with Gasteiger partial charge in [-0.1, -0.05) is 11.6 Å². The van der Waals surface area contributed by atoms with Crippen LogP contribution in [-0.2, 0) is 12.1 Å². The maximum absolute atomic E-state index is 13.8. The summed E-state index contributed by atoms with van der Waals surface area (Å²) in [5.41, 5.74) is 1.66. The Morgan fingerprint density at radius 2 is 1.97 bits per heavy atom. The van der Waals surface area contributed by atoms with Crippen molar-refractivity contribution < 1.29 is 23.1 Å². The highest BCUT2D eigenvalue weighted by Gasteiger charge is 2.39. The van der Waals surface area contributed by atoms with Crippen LogP contribution in [0.15, 0.2) is 29.1 Å². The highest BCUT2D eigenvalue weighted by Crippen LogP contribution is 2.42. The number of imidazole rings is 1. The predicted molar refractivity (Wildman–Crippen MR) is 109 cm³/mol. The number of carbonyl (C=O) groups is 1. The molecule has 13 heteroatoms. The number of benzene rings is 2. The number of nitrogens with zero attached hydrogens (tertiary/aromatic N) is 2. The molecular formula is C18H12B2ClF3N4O3. The Balaban J connectivity index is 2.11. The normalized spacial score (nSPS) is 16.2. The number of alkyl halides is 2. The first-order chi connectivity index (χ1) is 14.4. The Morgan fingerprint density at radius 3 is 2.58 bits per heavy atom. The Kier molecular flexibility index (Phi) is 4.90. The number of anilines is 1. The zero-order chi connectivity index (χ0) is 22.8. The molecule has 4 N–H and O–H groups in total. The van der Waals surface area contributed by atoms with Gasteiger partial charge in [0.2, 0.25) is 0 Å². The van der Waals surface area contributed by atoms with E-state index in [9.17, 15) is 27.9 Å². The molecule has 1 amide bonds. The van der Waals surface area contributed by atoms with Crippen LogP contribution in [0.2, 0.25) is 5.02 Å². The molecule has 31 heavy (non-hydrogen) atoms. The fourth-order valence-corrected chi connectivity index (χ4v) is 4.10. The first-order valence-corrected chi connectivity index (χ1v) is 9.21. The summed E-state index contributed by atoms with van der Waals surface area (Å²) in [6.45, 7) is -1.06. The van der Waals surface area contributed by atoms with Crippen LogP contribution < -0.4 is 16.7 Å². The minimum atomic E-state index is -2.94. The Bertz CT molecular complexity index is 1300. The second kappa shape index (κ2) is 7.10. The number of fused-ring (bicyclic) bond motifs is 3. The summed E-state index contributed by atoms with van der Waals surface area (Å²) in [5.74, 6) is -1.40. The zero-order valence-electron chi connectivity index (χ0n) is 15.6. The molecule has 3 aromatic rings. The van der Waals surface area contributed by atoms with Crippen molar-refractivity contribution in [2.75, 3.05) is 5.73 Å². The molecule has 1 aromatic heterocycles. The van der Waals surface area contributed by atoms with Crippen molar-refractivity contribution in [3.8, 4) is 0 Å². The lowest BCUT2D eigenvalue weighted by Gasteiger charge is -2.22. The summed E-state index contributed by atoms with van der Waals surface area (Å²) in [5, 5.41) is 12.9. The van der Waals surface area contributed by atoms with Crippen LogP contribution in [0.3, 0.4) is 0 Å². The number of hydrogen-bond donors (Lipinski definition) is 3. The van der Waals surface area contributed by atoms with Crippen LogP contribution in [-0.4, -0.2) is 42.3 Å². The second-order valence-electron chi connectivity index (χ2n) is 7.10. The predicted octanol–water partition coefficient (Wildman–Crippen LogP) is 1.17. The molecule has 1 aliphatic heterocycles. The van der Waals surface area contributed by atoms with Crippen molar-refractivity contribution in [3.63, 3.8) is 0 Å². The van der Waals surface area contributed by atoms with Crippen molar-refractivity contribution in [2.45, 2.75) is 24.5 Å². The van der Waals surface area contributed by atoms with Crippen molar-refractivity contribution in [2.24, 2.45) is 0 Å². The number of hydrogen-bond acceptors (Lipinski definition) is 4. The van der Waals surface area contributed by atoms with Crippen LogP contribution >= 0.6 is 11.6 Å². The lowest BCUT2D eigenvalue weighted by Crippen LogP contribution is -2.43. The number of nitrogens with two attached hydrogens (primary N) is 1. The second-order valence-corrected chi connectivity index (χ2v) is 7.50. The molecule has 0 saturated carbocycles. The number of halogens is 4. The molecule has 0 aliphatic carbocycles. The van der Waals surface area contributed by atoms with Crippen LogP contribution in [0, 0.1) is 5.82 Å². The van der Waals surface area contributed by atoms with E-state index < -0.39 is 41.9 Å². The number of carbonyl (C=O) groups excluding carboxylic acids is 1. The molecule has 4 radical (unpaired) electrons. The molecule has 0 saturated heterocycles. The number of nitrogens with one attached hydrogen (secondary N) is 1. The fraction of sp³-hybridized carbons (Fsp3) is 0.222. The Hall–Kier alpha value is -2.85. The zero-order valence-corrected chi connectivity index (χ0v) is 16.3. The van der Waals surface area contributed by atoms with Gasteiger partial charge in [0.1, 0.15) is 21.5 Å². The summed E-state index contributed by atoms with van der Waals surface area (Å²) < 4.78 is 41.1. The molecule has 0 bridgehead atoms. The van der Waals surface area contributed by atoms with Gasteiger partial charge in [0.05, 0.1) is 34.7 Å². The Morgan fingerprint density at radius 1 is 1.29 bits per heavy atom. The third-order valence-electron chi connectivity index (χ3n) is 5.03. The van der Waals surface area contributed by atoms with Crippen molar-refractivity contribution in [1.82, 2.24) is 14.5 Å². The number of rotatable bonds is 4. The van der Waals surface area contributed by atoms with Crippen LogP contribution in [0.1, 0.15) is 27.5 Å². The maximum atomic E-state index is 13.8. The van der Waals surface area contributed by atoms with Gasteiger partial charge in [0, 0.05) is 21.8 Å². The van der Waals surface area contributed by atoms with Gasteiger partial charge in [-0.25, -0.2) is 18.0 Å². The number of nitrogen functional groups attached to an aromatic ring is 1. The summed E-state index contributed by atoms with van der Waals surface area (Å²) >= 11 is 6.17. The van der Waals surface area contributed by atoms with Gasteiger partial charge in [-0.2, -0.15) is 0 Å². The molecule has 0 fully saturated rings. The van der Waals surface area contributed by atoms with E-state index >= 15 is 0 Å². The van der Waals surface area contributed by atoms with Crippen LogP contribution in [0.25, 0.3) is 11.0 Å². The van der Waals surface area contributed by atoms with Gasteiger partial charge >= 0.3 is 5.69 Å². The van der Waals surface area contributed by atoms with Crippen molar-refractivity contribution in [3.05, 3.63) is 62.3 Å². The molecule has 1 aliphatic rings. The molecule has 0 spiro atoms. The third kappa shape index (κ3) is 3.30. The largest absolute Gasteiger partial charge is 0.398 e. The quantitative estimate of drug-likeness (QED) is 0.414. The van der Waals surface area contributed by atoms with E-state index in [-0.39, 0.29) is 38.4 Å². The summed E-state index contributed by atoms with van der Waals surface area (Å²) in [6, 6.07) is 3.68. The van der Waals surface area contributed by atoms with Gasteiger partial charge in [-0.3, -0.25) is 13.9 Å². The van der Waals surface area contributed by atoms with E-state index in [2.05, 4.69) is 5.32 Å². The van der Waals surface area contributed by atoms with E-state index in [4.69, 9.17) is 33.0 Å². The lowest BCUT2D eigenvalue weighted by molar-refractivity contribution is 0.0960.